The van der Waals surface area contributed by atoms with Gasteiger partial charge in [0.25, 0.3) is 0 Å². The van der Waals surface area contributed by atoms with E-state index < -0.39 is 0 Å². The lowest BCUT2D eigenvalue weighted by Gasteiger charge is -2.23. The van der Waals surface area contributed by atoms with Gasteiger partial charge in [0, 0.05) is 36.8 Å². The zero-order valence-electron chi connectivity index (χ0n) is 39.4. The lowest BCUT2D eigenvalue weighted by molar-refractivity contribution is -0.696. The fraction of sp³-hybridized carbons (Fsp3) is 0.190. The number of aromatic nitrogens is 2. The molecule has 0 amide bonds. The van der Waals surface area contributed by atoms with E-state index in [2.05, 4.69) is 205 Å². The summed E-state index contributed by atoms with van der Waals surface area (Å²) in [5.74, 6) is 3.53. The first-order chi connectivity index (χ1) is 34.1. The van der Waals surface area contributed by atoms with Crippen LogP contribution in [0.3, 0.4) is 0 Å². The number of unbranched alkanes of at least 4 members (excludes halogenated alkanes) is 1. The second kappa shape index (κ2) is 21.9. The maximum atomic E-state index is 7.13. The molecule has 0 N–H and O–H groups in total. The van der Waals surface area contributed by atoms with Crippen molar-refractivity contribution < 1.29 is 23.5 Å². The van der Waals surface area contributed by atoms with Crippen molar-refractivity contribution in [3.05, 3.63) is 274 Å². The van der Waals surface area contributed by atoms with E-state index >= 15 is 0 Å². The summed E-state index contributed by atoms with van der Waals surface area (Å²) >= 11 is 0. The number of para-hydroxylation sites is 3. The highest BCUT2D eigenvalue weighted by Gasteiger charge is 2.24. The fourth-order valence-corrected chi connectivity index (χ4v) is 9.40. The zero-order chi connectivity index (χ0) is 46.6. The van der Waals surface area contributed by atoms with Crippen LogP contribution in [-0.4, -0.2) is 4.57 Å². The van der Waals surface area contributed by atoms with E-state index in [4.69, 9.17) is 18.9 Å². The summed E-state index contributed by atoms with van der Waals surface area (Å²) in [5.41, 5.74) is 14.2. The van der Waals surface area contributed by atoms with Crippen LogP contribution >= 0.6 is 0 Å². The molecule has 1 aliphatic carbocycles. The van der Waals surface area contributed by atoms with Gasteiger partial charge in [0.1, 0.15) is 67.5 Å². The summed E-state index contributed by atoms with van der Waals surface area (Å²) in [4.78, 5) is 0. The van der Waals surface area contributed by atoms with Crippen molar-refractivity contribution in [2.45, 2.75) is 78.4 Å². The van der Waals surface area contributed by atoms with E-state index in [1.807, 2.05) is 18.2 Å². The van der Waals surface area contributed by atoms with Gasteiger partial charge in [0.15, 0.2) is 0 Å². The van der Waals surface area contributed by atoms with Gasteiger partial charge < -0.3 is 18.9 Å². The van der Waals surface area contributed by atoms with Crippen molar-refractivity contribution in [1.29, 1.82) is 0 Å². The molecule has 0 radical (unpaired) electrons. The number of nitrogens with zero attached hydrogens (tertiary/aromatic N) is 2. The molecule has 1 heterocycles. The Morgan fingerprint density at radius 3 is 1.04 bits per heavy atom. The fourth-order valence-electron chi connectivity index (χ4n) is 9.40. The van der Waals surface area contributed by atoms with Gasteiger partial charge in [-0.05, 0) is 74.2 Å². The second-order valence-electron chi connectivity index (χ2n) is 18.0. The standard InChI is InChI=1S/C63H59N2O4/c1-2-3-33-64-34-35-65(46-64)59-40-57-38-55-31-17-29-53(61(55)67-43-48-21-10-5-11-22-48)36-51-27-16-28-52(60(51)66-42-47-19-8-4-9-20-47)37-54-30-18-32-56(62(54)68-44-49-23-12-6-13-24-49)39-58(41-59)63(57)69-45-50-25-14-7-15-26-50/h4-32,34-35,40-41,46H,2-3,33,36-39,42-45H2,1H3/q+1. The smallest absolute Gasteiger partial charge is 0.248 e. The first kappa shape index (κ1) is 45.0. The molecule has 0 saturated carbocycles. The molecular formula is C63H59N2O4+. The van der Waals surface area contributed by atoms with Crippen LogP contribution in [0.15, 0.2) is 207 Å². The molecule has 0 spiro atoms. The van der Waals surface area contributed by atoms with Crippen molar-refractivity contribution in [3.8, 4) is 28.7 Å². The Hall–Kier alpha value is -7.83. The quantitative estimate of drug-likeness (QED) is 0.0906. The molecule has 0 saturated heterocycles. The minimum absolute atomic E-state index is 0.427. The highest BCUT2D eigenvalue weighted by atomic mass is 16.5. The maximum Gasteiger partial charge on any atom is 0.248 e. The minimum atomic E-state index is 0.427. The number of hydrogen-bond acceptors (Lipinski definition) is 4. The molecule has 1 aliphatic rings. The van der Waals surface area contributed by atoms with Gasteiger partial charge in [-0.25, -0.2) is 9.13 Å². The average Bonchev–Trinajstić information content (AvgIpc) is 3.87. The Morgan fingerprint density at radius 2 is 0.710 bits per heavy atom. The highest BCUT2D eigenvalue weighted by Crippen LogP contribution is 2.40. The van der Waals surface area contributed by atoms with Gasteiger partial charge in [-0.1, -0.05) is 189 Å². The monoisotopic (exact) mass is 907 g/mol. The summed E-state index contributed by atoms with van der Waals surface area (Å²) in [5, 5.41) is 0. The molecule has 69 heavy (non-hydrogen) atoms. The first-order valence-electron chi connectivity index (χ1n) is 24.4. The molecule has 0 atom stereocenters. The molecule has 9 aromatic rings. The number of rotatable bonds is 16. The van der Waals surface area contributed by atoms with Crippen molar-refractivity contribution in [3.63, 3.8) is 0 Å². The average molecular weight is 908 g/mol. The number of fused-ring (bicyclic) bond motifs is 8. The van der Waals surface area contributed by atoms with Crippen LogP contribution < -0.4 is 23.5 Å². The molecule has 1 aromatic heterocycles. The van der Waals surface area contributed by atoms with Gasteiger partial charge in [-0.3, -0.25) is 0 Å². The van der Waals surface area contributed by atoms with Crippen molar-refractivity contribution in [2.75, 3.05) is 0 Å². The van der Waals surface area contributed by atoms with Crippen LogP contribution in [0.1, 0.15) is 86.5 Å². The molecule has 0 aliphatic heterocycles. The zero-order valence-corrected chi connectivity index (χ0v) is 39.4. The van der Waals surface area contributed by atoms with Gasteiger partial charge in [-0.15, -0.1) is 0 Å². The molecule has 8 bridgehead atoms. The third-order valence-corrected chi connectivity index (χ3v) is 12.9. The molecule has 8 aromatic carbocycles. The SMILES string of the molecule is CCCC[n+]1ccn(-c2cc3c(OCc4ccccc4)c(c2)Cc2cccc(c2OCc2ccccc2)Cc2cccc(c2OCc2ccccc2)Cc2cccc(c2OCc2ccccc2)C3)c1. The van der Waals surface area contributed by atoms with E-state index in [0.717, 1.165) is 115 Å². The van der Waals surface area contributed by atoms with E-state index in [1.54, 1.807) is 0 Å². The molecule has 0 fully saturated rings. The van der Waals surface area contributed by atoms with Crippen LogP contribution in [0.2, 0.25) is 0 Å². The number of ether oxygens (including phenoxy) is 4. The third kappa shape index (κ3) is 11.1. The normalized spacial score (nSPS) is 12.0. The van der Waals surface area contributed by atoms with E-state index in [0.29, 0.717) is 52.1 Å². The predicted molar refractivity (Wildman–Crippen MR) is 275 cm³/mol. The summed E-state index contributed by atoms with van der Waals surface area (Å²) in [6.45, 7) is 4.95. The molecule has 10 rings (SSSR count). The van der Waals surface area contributed by atoms with Crippen molar-refractivity contribution in [2.24, 2.45) is 0 Å². The van der Waals surface area contributed by atoms with Gasteiger partial charge in [0.2, 0.25) is 6.33 Å². The largest absolute Gasteiger partial charge is 0.488 e. The molecule has 344 valence electrons. The predicted octanol–water partition coefficient (Wildman–Crippen LogP) is 13.6. The number of benzene rings is 8. The molecular weight excluding hydrogens is 849 g/mol. The summed E-state index contributed by atoms with van der Waals surface area (Å²) in [7, 11) is 0. The Balaban J connectivity index is 1.17. The van der Waals surface area contributed by atoms with Gasteiger partial charge >= 0.3 is 0 Å². The van der Waals surface area contributed by atoms with Crippen molar-refractivity contribution >= 4 is 0 Å². The van der Waals surface area contributed by atoms with Gasteiger partial charge in [-0.2, -0.15) is 0 Å². The topological polar surface area (TPSA) is 45.7 Å². The van der Waals surface area contributed by atoms with Crippen LogP contribution in [0.4, 0.5) is 0 Å². The highest BCUT2D eigenvalue weighted by molar-refractivity contribution is 5.58. The van der Waals surface area contributed by atoms with Crippen LogP contribution in [0, 0.1) is 0 Å². The van der Waals surface area contributed by atoms with Crippen LogP contribution in [-0.2, 0) is 58.7 Å². The molecule has 6 heteroatoms. The summed E-state index contributed by atoms with van der Waals surface area (Å²) in [6, 6.07) is 66.2. The van der Waals surface area contributed by atoms with Gasteiger partial charge in [0.05, 0.1) is 6.54 Å². The Bertz CT molecular complexity index is 2960. The van der Waals surface area contributed by atoms with E-state index in [1.165, 1.54) is 0 Å². The third-order valence-electron chi connectivity index (χ3n) is 12.9. The van der Waals surface area contributed by atoms with Crippen LogP contribution in [0.5, 0.6) is 23.0 Å². The maximum absolute atomic E-state index is 7.13. The first-order valence-corrected chi connectivity index (χ1v) is 24.4. The Morgan fingerprint density at radius 1 is 0.391 bits per heavy atom. The Kier molecular flexibility index (Phi) is 14.2. The number of imidazole rings is 1. The molecule has 0 unspecified atom stereocenters. The molecule has 6 nitrogen and oxygen atoms in total. The second-order valence-corrected chi connectivity index (χ2v) is 18.0. The number of aryl methyl sites for hydroxylation is 1. The lowest BCUT2D eigenvalue weighted by Crippen LogP contribution is -2.30. The summed E-state index contributed by atoms with van der Waals surface area (Å²) < 4.78 is 32.7. The van der Waals surface area contributed by atoms with Crippen LogP contribution in [0.25, 0.3) is 5.69 Å². The van der Waals surface area contributed by atoms with Crippen molar-refractivity contribution in [1.82, 2.24) is 4.57 Å². The Labute approximate surface area is 407 Å². The lowest BCUT2D eigenvalue weighted by atomic mass is 9.91. The minimum Gasteiger partial charge on any atom is -0.488 e. The number of hydrogen-bond donors (Lipinski definition) is 0. The summed E-state index contributed by atoms with van der Waals surface area (Å²) in [6.07, 6.45) is 11.2. The van der Waals surface area contributed by atoms with E-state index in [-0.39, 0.29) is 0 Å². The van der Waals surface area contributed by atoms with E-state index in [9.17, 15) is 0 Å².